The van der Waals surface area contributed by atoms with Crippen LogP contribution in [0.2, 0.25) is 0 Å². The second-order valence-corrected chi connectivity index (χ2v) is 4.75. The van der Waals surface area contributed by atoms with E-state index in [2.05, 4.69) is 27.3 Å². The van der Waals surface area contributed by atoms with Crippen molar-refractivity contribution in [1.29, 1.82) is 5.26 Å². The van der Waals surface area contributed by atoms with E-state index in [9.17, 15) is 4.39 Å². The average Bonchev–Trinajstić information content (AvgIpc) is 2.36. The Morgan fingerprint density at radius 2 is 2.00 bits per heavy atom. The molecule has 0 aliphatic heterocycles. The van der Waals surface area contributed by atoms with Crippen molar-refractivity contribution in [3.05, 3.63) is 57.8 Å². The summed E-state index contributed by atoms with van der Waals surface area (Å²) in [4.78, 5) is 0. The Morgan fingerprint density at radius 3 is 2.61 bits per heavy atom. The van der Waals surface area contributed by atoms with Crippen LogP contribution in [0.5, 0.6) is 0 Å². The third-order valence-electron chi connectivity index (χ3n) is 2.55. The van der Waals surface area contributed by atoms with Gasteiger partial charge in [-0.15, -0.1) is 0 Å². The van der Waals surface area contributed by atoms with E-state index in [1.165, 1.54) is 6.07 Å². The zero-order valence-electron chi connectivity index (χ0n) is 9.67. The van der Waals surface area contributed by atoms with Gasteiger partial charge in [-0.2, -0.15) is 5.26 Å². The molecule has 2 nitrogen and oxygen atoms in total. The summed E-state index contributed by atoms with van der Waals surface area (Å²) in [7, 11) is 0. The molecule has 0 spiro atoms. The molecule has 0 radical (unpaired) electrons. The molecular weight excluding hydrogens is 295 g/mol. The lowest BCUT2D eigenvalue weighted by Crippen LogP contribution is -1.93. The summed E-state index contributed by atoms with van der Waals surface area (Å²) in [6, 6.07) is 12.2. The summed E-state index contributed by atoms with van der Waals surface area (Å²) in [5.41, 5.74) is 2.64. The van der Waals surface area contributed by atoms with Crippen molar-refractivity contribution in [3.63, 3.8) is 0 Å². The van der Waals surface area contributed by atoms with Gasteiger partial charge in [0.15, 0.2) is 0 Å². The number of nitriles is 1. The van der Waals surface area contributed by atoms with Gasteiger partial charge >= 0.3 is 0 Å². The Morgan fingerprint density at radius 1 is 1.22 bits per heavy atom. The van der Waals surface area contributed by atoms with Gasteiger partial charge in [0.2, 0.25) is 0 Å². The number of halogens is 2. The quantitative estimate of drug-likeness (QED) is 0.886. The molecule has 18 heavy (non-hydrogen) atoms. The minimum Gasteiger partial charge on any atom is -0.355 e. The van der Waals surface area contributed by atoms with Crippen LogP contribution in [0.15, 0.2) is 40.9 Å². The highest BCUT2D eigenvalue weighted by Gasteiger charge is 2.04. The second-order valence-electron chi connectivity index (χ2n) is 3.90. The first kappa shape index (κ1) is 12.6. The van der Waals surface area contributed by atoms with E-state index in [4.69, 9.17) is 5.26 Å². The number of hydrogen-bond donors (Lipinski definition) is 1. The highest BCUT2D eigenvalue weighted by Crippen LogP contribution is 2.27. The highest BCUT2D eigenvalue weighted by molar-refractivity contribution is 9.10. The number of anilines is 2. The van der Waals surface area contributed by atoms with Gasteiger partial charge in [-0.05, 0) is 58.7 Å². The molecule has 0 aliphatic carbocycles. The fourth-order valence-corrected chi connectivity index (χ4v) is 1.99. The van der Waals surface area contributed by atoms with Crippen LogP contribution in [0.4, 0.5) is 15.8 Å². The van der Waals surface area contributed by atoms with Gasteiger partial charge in [0.1, 0.15) is 5.82 Å². The Hall–Kier alpha value is -1.86. The van der Waals surface area contributed by atoms with E-state index in [0.29, 0.717) is 16.8 Å². The molecule has 0 aromatic heterocycles. The second kappa shape index (κ2) is 5.19. The lowest BCUT2D eigenvalue weighted by Gasteiger charge is -2.09. The Kier molecular flexibility index (Phi) is 3.63. The molecular formula is C14H10BrFN2. The number of hydrogen-bond acceptors (Lipinski definition) is 2. The van der Waals surface area contributed by atoms with Crippen molar-refractivity contribution in [2.75, 3.05) is 5.32 Å². The summed E-state index contributed by atoms with van der Waals surface area (Å²) < 4.78 is 14.2. The molecule has 2 aromatic carbocycles. The van der Waals surface area contributed by atoms with Crippen molar-refractivity contribution in [2.45, 2.75) is 6.92 Å². The maximum atomic E-state index is 13.4. The molecule has 1 N–H and O–H groups in total. The first-order chi connectivity index (χ1) is 8.60. The SMILES string of the molecule is Cc1ccc(Nc2ccc(C#N)cc2Br)cc1F. The van der Waals surface area contributed by atoms with Crippen LogP contribution in [0, 0.1) is 24.1 Å². The fourth-order valence-electron chi connectivity index (χ4n) is 1.51. The molecule has 0 heterocycles. The van der Waals surface area contributed by atoms with Crippen molar-refractivity contribution >= 4 is 27.3 Å². The lowest BCUT2D eigenvalue weighted by atomic mass is 10.2. The number of aryl methyl sites for hydroxylation is 1. The molecule has 90 valence electrons. The summed E-state index contributed by atoms with van der Waals surface area (Å²) >= 11 is 3.37. The van der Waals surface area contributed by atoms with Crippen LogP contribution >= 0.6 is 15.9 Å². The normalized spacial score (nSPS) is 9.89. The summed E-state index contributed by atoms with van der Waals surface area (Å²) in [5, 5.41) is 11.9. The van der Waals surface area contributed by atoms with Crippen LogP contribution in [0.1, 0.15) is 11.1 Å². The Balaban J connectivity index is 2.29. The largest absolute Gasteiger partial charge is 0.355 e. The van der Waals surface area contributed by atoms with Gasteiger partial charge in [0, 0.05) is 10.2 Å². The molecule has 0 aliphatic rings. The van der Waals surface area contributed by atoms with Crippen LogP contribution in [0.25, 0.3) is 0 Å². The van der Waals surface area contributed by atoms with E-state index in [1.807, 2.05) is 6.07 Å². The molecule has 4 heteroatoms. The van der Waals surface area contributed by atoms with E-state index >= 15 is 0 Å². The van der Waals surface area contributed by atoms with E-state index in [1.54, 1.807) is 31.2 Å². The van der Waals surface area contributed by atoms with Gasteiger partial charge in [-0.25, -0.2) is 4.39 Å². The Bertz CT molecular complexity index is 632. The molecule has 2 rings (SSSR count). The predicted octanol–water partition coefficient (Wildman–Crippen LogP) is 4.51. The molecule has 2 aromatic rings. The van der Waals surface area contributed by atoms with Crippen molar-refractivity contribution in [2.24, 2.45) is 0 Å². The van der Waals surface area contributed by atoms with Gasteiger partial charge in [-0.3, -0.25) is 0 Å². The third kappa shape index (κ3) is 2.69. The maximum absolute atomic E-state index is 13.4. The average molecular weight is 305 g/mol. The summed E-state index contributed by atoms with van der Waals surface area (Å²) in [5.74, 6) is -0.246. The van der Waals surface area contributed by atoms with Crippen molar-refractivity contribution in [1.82, 2.24) is 0 Å². The van der Waals surface area contributed by atoms with Gasteiger partial charge in [-0.1, -0.05) is 6.07 Å². The first-order valence-corrected chi connectivity index (χ1v) is 6.12. The van der Waals surface area contributed by atoms with Crippen LogP contribution < -0.4 is 5.32 Å². The van der Waals surface area contributed by atoms with Crippen LogP contribution in [-0.4, -0.2) is 0 Å². The Labute approximate surface area is 113 Å². The zero-order chi connectivity index (χ0) is 13.1. The molecule has 0 bridgehead atoms. The molecule has 0 amide bonds. The highest BCUT2D eigenvalue weighted by atomic mass is 79.9. The lowest BCUT2D eigenvalue weighted by molar-refractivity contribution is 0.619. The van der Waals surface area contributed by atoms with Crippen LogP contribution in [0.3, 0.4) is 0 Å². The topological polar surface area (TPSA) is 35.8 Å². The van der Waals surface area contributed by atoms with E-state index < -0.39 is 0 Å². The monoisotopic (exact) mass is 304 g/mol. The maximum Gasteiger partial charge on any atom is 0.128 e. The minimum atomic E-state index is -0.246. The first-order valence-electron chi connectivity index (χ1n) is 5.33. The molecule has 0 saturated carbocycles. The van der Waals surface area contributed by atoms with Crippen molar-refractivity contribution < 1.29 is 4.39 Å². The van der Waals surface area contributed by atoms with Crippen molar-refractivity contribution in [3.8, 4) is 6.07 Å². The fraction of sp³-hybridized carbons (Fsp3) is 0.0714. The van der Waals surface area contributed by atoms with Gasteiger partial charge in [0.25, 0.3) is 0 Å². The zero-order valence-corrected chi connectivity index (χ0v) is 11.3. The summed E-state index contributed by atoms with van der Waals surface area (Å²) in [6.07, 6.45) is 0. The smallest absolute Gasteiger partial charge is 0.128 e. The predicted molar refractivity (Wildman–Crippen MR) is 73.3 cm³/mol. The van der Waals surface area contributed by atoms with E-state index in [-0.39, 0.29) is 5.82 Å². The molecule has 0 fully saturated rings. The number of nitrogens with zero attached hydrogens (tertiary/aromatic N) is 1. The minimum absolute atomic E-state index is 0.246. The molecule has 0 unspecified atom stereocenters. The number of rotatable bonds is 2. The number of benzene rings is 2. The van der Waals surface area contributed by atoms with E-state index in [0.717, 1.165) is 10.2 Å². The standard InChI is InChI=1S/C14H10BrFN2/c1-9-2-4-11(7-13(9)16)18-14-5-3-10(8-17)6-12(14)15/h2-7,18H,1H3. The molecule has 0 saturated heterocycles. The third-order valence-corrected chi connectivity index (χ3v) is 3.21. The molecule has 0 atom stereocenters. The summed E-state index contributed by atoms with van der Waals surface area (Å²) in [6.45, 7) is 1.72. The van der Waals surface area contributed by atoms with Gasteiger partial charge < -0.3 is 5.32 Å². The van der Waals surface area contributed by atoms with Gasteiger partial charge in [0.05, 0.1) is 17.3 Å². The van der Waals surface area contributed by atoms with Crippen LogP contribution in [-0.2, 0) is 0 Å². The number of nitrogens with one attached hydrogen (secondary N) is 1.